The van der Waals surface area contributed by atoms with Crippen LogP contribution in [0.3, 0.4) is 0 Å². The van der Waals surface area contributed by atoms with Gasteiger partial charge in [0, 0.05) is 13.0 Å². The molecule has 0 rings (SSSR count). The first-order valence-electron chi connectivity index (χ1n) is 20.8. The zero-order valence-electron chi connectivity index (χ0n) is 33.0. The van der Waals surface area contributed by atoms with Crippen molar-refractivity contribution >= 4 is 19.8 Å². The molecule has 10 heteroatoms. The van der Waals surface area contributed by atoms with Gasteiger partial charge in [-0.15, -0.1) is 0 Å². The lowest BCUT2D eigenvalue weighted by molar-refractivity contribution is -0.163. The summed E-state index contributed by atoms with van der Waals surface area (Å²) >= 11 is 0. The standard InChI is InChI=1S/C41H78NO8P/c1-4-7-10-13-15-17-18-19-20-21-22-23-25-27-30-33-40(43)47-36-39(37-49-51(45,46)48-35-34-42)50-41(44)38(31-28-12-9-6-3)32-29-26-24-16-14-11-8-5-2/h19-20,29,32,38-39H,4-18,21-28,30-31,33-37,42H2,1-3H3,(H,45,46)/b20-19+,32-29-. The van der Waals surface area contributed by atoms with Gasteiger partial charge in [0.05, 0.1) is 19.1 Å². The molecular formula is C41H78NO8P. The summed E-state index contributed by atoms with van der Waals surface area (Å²) in [6.07, 6.45) is 36.0. The zero-order chi connectivity index (χ0) is 37.7. The summed E-state index contributed by atoms with van der Waals surface area (Å²) in [6.45, 7) is 5.77. The third kappa shape index (κ3) is 34.0. The van der Waals surface area contributed by atoms with Crippen molar-refractivity contribution < 1.29 is 37.6 Å². The van der Waals surface area contributed by atoms with Gasteiger partial charge in [0.25, 0.3) is 0 Å². The van der Waals surface area contributed by atoms with Crippen molar-refractivity contribution in [2.75, 3.05) is 26.4 Å². The van der Waals surface area contributed by atoms with Gasteiger partial charge in [-0.25, -0.2) is 4.57 Å². The van der Waals surface area contributed by atoms with Gasteiger partial charge in [0.15, 0.2) is 6.10 Å². The number of carbonyl (C=O) groups is 2. The van der Waals surface area contributed by atoms with E-state index in [0.29, 0.717) is 6.42 Å². The fourth-order valence-electron chi connectivity index (χ4n) is 5.74. The first-order valence-corrected chi connectivity index (χ1v) is 22.3. The highest BCUT2D eigenvalue weighted by Gasteiger charge is 2.28. The average molecular weight is 744 g/mol. The Morgan fingerprint density at radius 1 is 0.647 bits per heavy atom. The van der Waals surface area contributed by atoms with E-state index in [1.54, 1.807) is 0 Å². The van der Waals surface area contributed by atoms with Gasteiger partial charge in [0.1, 0.15) is 6.61 Å². The number of hydrogen-bond acceptors (Lipinski definition) is 8. The Kier molecular flexibility index (Phi) is 35.7. The highest BCUT2D eigenvalue weighted by molar-refractivity contribution is 7.47. The number of unbranched alkanes of at least 4 members (excludes halogenated alkanes) is 20. The monoisotopic (exact) mass is 744 g/mol. The van der Waals surface area contributed by atoms with Crippen LogP contribution in [0.5, 0.6) is 0 Å². The smallest absolute Gasteiger partial charge is 0.462 e. The van der Waals surface area contributed by atoms with E-state index in [0.717, 1.165) is 77.0 Å². The van der Waals surface area contributed by atoms with Gasteiger partial charge < -0.3 is 20.1 Å². The number of rotatable bonds is 38. The molecule has 0 aromatic heterocycles. The number of ether oxygens (including phenoxy) is 2. The minimum Gasteiger partial charge on any atom is -0.462 e. The van der Waals surface area contributed by atoms with E-state index < -0.39 is 38.4 Å². The van der Waals surface area contributed by atoms with Crippen molar-refractivity contribution in [2.45, 2.75) is 194 Å². The first-order chi connectivity index (χ1) is 24.8. The third-order valence-electron chi connectivity index (χ3n) is 8.92. The number of phosphoric acid groups is 1. The zero-order valence-corrected chi connectivity index (χ0v) is 33.9. The lowest BCUT2D eigenvalue weighted by Crippen LogP contribution is -2.32. The van der Waals surface area contributed by atoms with Crippen LogP contribution in [0.2, 0.25) is 0 Å². The fraction of sp³-hybridized carbons (Fsp3) is 0.854. The quantitative estimate of drug-likeness (QED) is 0.0274. The summed E-state index contributed by atoms with van der Waals surface area (Å²) in [5, 5.41) is 0. The van der Waals surface area contributed by atoms with Gasteiger partial charge in [-0.3, -0.25) is 18.6 Å². The highest BCUT2D eigenvalue weighted by atomic mass is 31.2. The molecule has 0 aliphatic rings. The van der Waals surface area contributed by atoms with Crippen LogP contribution < -0.4 is 5.73 Å². The van der Waals surface area contributed by atoms with E-state index in [2.05, 4.69) is 39.0 Å². The molecule has 0 saturated heterocycles. The predicted octanol–water partition coefficient (Wildman–Crippen LogP) is 11.5. The van der Waals surface area contributed by atoms with E-state index in [1.165, 1.54) is 77.0 Å². The molecule has 3 atom stereocenters. The molecule has 0 bridgehead atoms. The molecule has 0 aliphatic carbocycles. The van der Waals surface area contributed by atoms with E-state index >= 15 is 0 Å². The van der Waals surface area contributed by atoms with Gasteiger partial charge in [-0.1, -0.05) is 154 Å². The maximum Gasteiger partial charge on any atom is 0.472 e. The Morgan fingerprint density at radius 3 is 1.69 bits per heavy atom. The number of phosphoric ester groups is 1. The third-order valence-corrected chi connectivity index (χ3v) is 9.90. The number of nitrogens with two attached hydrogens (primary N) is 1. The molecule has 300 valence electrons. The molecule has 0 spiro atoms. The van der Waals surface area contributed by atoms with Gasteiger partial charge in [0.2, 0.25) is 0 Å². The number of hydrogen-bond donors (Lipinski definition) is 2. The fourth-order valence-corrected chi connectivity index (χ4v) is 6.50. The maximum atomic E-state index is 13.4. The van der Waals surface area contributed by atoms with Crippen molar-refractivity contribution in [2.24, 2.45) is 11.7 Å². The van der Waals surface area contributed by atoms with Crippen LogP contribution in [0.4, 0.5) is 0 Å². The first kappa shape index (κ1) is 49.5. The molecule has 9 nitrogen and oxygen atoms in total. The highest BCUT2D eigenvalue weighted by Crippen LogP contribution is 2.43. The molecule has 0 aromatic rings. The van der Waals surface area contributed by atoms with Crippen molar-refractivity contribution in [1.29, 1.82) is 0 Å². The predicted molar refractivity (Wildman–Crippen MR) is 210 cm³/mol. The summed E-state index contributed by atoms with van der Waals surface area (Å²) in [5.74, 6) is -1.30. The molecule has 0 radical (unpaired) electrons. The molecule has 0 fully saturated rings. The van der Waals surface area contributed by atoms with E-state index in [4.69, 9.17) is 24.3 Å². The molecule has 51 heavy (non-hydrogen) atoms. The van der Waals surface area contributed by atoms with Crippen LogP contribution >= 0.6 is 7.82 Å². The Labute approximate surface area is 312 Å². The van der Waals surface area contributed by atoms with E-state index in [1.807, 2.05) is 6.08 Å². The van der Waals surface area contributed by atoms with Gasteiger partial charge in [-0.2, -0.15) is 0 Å². The SMILES string of the molecule is CCCCCCCC/C=C\C(CCCCCC)C(=O)OC(COC(=O)CCCCCCC/C=C/CCCCCCCC)COP(=O)(O)OCCN. The Bertz CT molecular complexity index is 912. The molecular weight excluding hydrogens is 665 g/mol. The topological polar surface area (TPSA) is 134 Å². The van der Waals surface area contributed by atoms with Crippen LogP contribution in [0.15, 0.2) is 24.3 Å². The minimum absolute atomic E-state index is 0.0467. The maximum absolute atomic E-state index is 13.4. The van der Waals surface area contributed by atoms with Crippen LogP contribution in [0, 0.1) is 5.92 Å². The van der Waals surface area contributed by atoms with Crippen LogP contribution in [-0.2, 0) is 32.7 Å². The van der Waals surface area contributed by atoms with E-state index in [-0.39, 0.29) is 26.2 Å². The average Bonchev–Trinajstić information content (AvgIpc) is 3.12. The summed E-state index contributed by atoms with van der Waals surface area (Å²) in [4.78, 5) is 35.9. The Balaban J connectivity index is 4.82. The van der Waals surface area contributed by atoms with Crippen molar-refractivity contribution in [3.63, 3.8) is 0 Å². The second-order valence-corrected chi connectivity index (χ2v) is 15.4. The molecule has 0 aliphatic heterocycles. The minimum atomic E-state index is -4.41. The Morgan fingerprint density at radius 2 is 1.14 bits per heavy atom. The largest absolute Gasteiger partial charge is 0.472 e. The molecule has 3 unspecified atom stereocenters. The van der Waals surface area contributed by atoms with Crippen molar-refractivity contribution in [3.05, 3.63) is 24.3 Å². The summed E-state index contributed by atoms with van der Waals surface area (Å²) < 4.78 is 33.4. The molecule has 0 aromatic carbocycles. The second-order valence-electron chi connectivity index (χ2n) is 13.9. The van der Waals surface area contributed by atoms with Crippen LogP contribution in [0.1, 0.15) is 188 Å². The molecule has 3 N–H and O–H groups in total. The lowest BCUT2D eigenvalue weighted by atomic mass is 9.99. The second kappa shape index (κ2) is 36.8. The van der Waals surface area contributed by atoms with Crippen LogP contribution in [0.25, 0.3) is 0 Å². The number of carbonyl (C=O) groups excluding carboxylic acids is 2. The normalized spacial score (nSPS) is 14.2. The molecule has 0 saturated carbocycles. The Hall–Kier alpha value is -1.51. The van der Waals surface area contributed by atoms with Crippen molar-refractivity contribution in [3.8, 4) is 0 Å². The molecule has 0 amide bonds. The lowest BCUT2D eigenvalue weighted by Gasteiger charge is -2.22. The summed E-state index contributed by atoms with van der Waals surface area (Å²) in [6, 6.07) is 0. The van der Waals surface area contributed by atoms with Crippen molar-refractivity contribution in [1.82, 2.24) is 0 Å². The van der Waals surface area contributed by atoms with Gasteiger partial charge >= 0.3 is 19.8 Å². The number of esters is 2. The summed E-state index contributed by atoms with van der Waals surface area (Å²) in [7, 11) is -4.41. The van der Waals surface area contributed by atoms with E-state index in [9.17, 15) is 19.0 Å². The summed E-state index contributed by atoms with van der Waals surface area (Å²) in [5.41, 5.74) is 5.38. The number of allylic oxidation sites excluding steroid dienone is 3. The van der Waals surface area contributed by atoms with Gasteiger partial charge in [-0.05, 0) is 51.4 Å². The van der Waals surface area contributed by atoms with Crippen LogP contribution in [-0.4, -0.2) is 49.3 Å². The molecule has 0 heterocycles.